The molecule has 366 valence electrons. The van der Waals surface area contributed by atoms with Gasteiger partial charge in [-0.05, 0) is 44.9 Å². The maximum atomic E-state index is 13.9. The number of hydrogen-bond donors (Lipinski definition) is 15. The predicted octanol–water partition coefficient (Wildman–Crippen LogP) is -6.18. The number of rotatable bonds is 28. The van der Waals surface area contributed by atoms with Gasteiger partial charge in [-0.2, -0.15) is 0 Å². The summed E-state index contributed by atoms with van der Waals surface area (Å²) in [6.07, 6.45) is 0.749. The lowest BCUT2D eigenvalue weighted by Crippen LogP contribution is -2.60. The molecule has 0 unspecified atom stereocenters. The molecule has 66 heavy (non-hydrogen) atoms. The smallest absolute Gasteiger partial charge is 0.326 e. The number of guanidine groups is 1. The van der Waals surface area contributed by atoms with Crippen LogP contribution in [-0.4, -0.2) is 158 Å². The second-order valence-corrected chi connectivity index (χ2v) is 15.9. The Bertz CT molecular complexity index is 1950. The standard InChI is InChI=1S/C38H61N15O13/c1-17(2)29(52-33(61)23(13-27(41)55)50-31(59)20(39)12-19-15-44-16-46-19)35(63)47-18(3)30(58)51-24(14-28(56)57)36(64)53-11-5-7-25(53)34(62)48-21(8-9-26(40)54)32(60)49-22(37(65)66)6-4-10-45-38(42)43/h15-18,20-25,29H,4-14,39H2,1-3H3,(H2,40,54)(H2,41,55)(H,44,46)(H,47,63)(H,48,62)(H,49,60)(H,50,59)(H,51,58)(H,52,61)(H,56,57)(H,65,66)(H4,42,43,45)/t18-,20-,21-,22-,23-,24-,25-,29-/m0/s1. The summed E-state index contributed by atoms with van der Waals surface area (Å²) >= 11 is 0. The number of aromatic nitrogens is 2. The zero-order valence-corrected chi connectivity index (χ0v) is 36.7. The molecular formula is C38H61N15O13. The van der Waals surface area contributed by atoms with Gasteiger partial charge in [0.2, 0.25) is 53.2 Å². The van der Waals surface area contributed by atoms with Crippen LogP contribution in [0.15, 0.2) is 12.5 Å². The summed E-state index contributed by atoms with van der Waals surface area (Å²) in [5.74, 6) is -12.5. The summed E-state index contributed by atoms with van der Waals surface area (Å²) in [7, 11) is 0. The van der Waals surface area contributed by atoms with Gasteiger partial charge in [0, 0.05) is 32.1 Å². The second kappa shape index (κ2) is 26.4. The average Bonchev–Trinajstić information content (AvgIpc) is 3.93. The molecule has 1 aliphatic heterocycles. The van der Waals surface area contributed by atoms with Crippen LogP contribution in [0.2, 0.25) is 0 Å². The topological polar surface area (TPSA) is 472 Å². The molecule has 0 aliphatic carbocycles. The van der Waals surface area contributed by atoms with Crippen LogP contribution in [0.25, 0.3) is 0 Å². The van der Waals surface area contributed by atoms with Crippen LogP contribution in [0.1, 0.15) is 77.8 Å². The van der Waals surface area contributed by atoms with E-state index in [0.717, 1.165) is 4.90 Å². The van der Waals surface area contributed by atoms with Gasteiger partial charge in [0.15, 0.2) is 5.96 Å². The van der Waals surface area contributed by atoms with Gasteiger partial charge in [0.05, 0.1) is 30.9 Å². The van der Waals surface area contributed by atoms with Crippen molar-refractivity contribution in [2.75, 3.05) is 13.1 Å². The fourth-order valence-electron chi connectivity index (χ4n) is 6.62. The molecular weight excluding hydrogens is 875 g/mol. The minimum absolute atomic E-state index is 0.0205. The van der Waals surface area contributed by atoms with Crippen molar-refractivity contribution >= 4 is 71.1 Å². The van der Waals surface area contributed by atoms with Crippen LogP contribution >= 0.6 is 0 Å². The molecule has 1 aromatic heterocycles. The number of H-pyrrole nitrogens is 1. The Kier molecular flexibility index (Phi) is 21.9. The van der Waals surface area contributed by atoms with Crippen LogP contribution in [0.3, 0.4) is 0 Å². The number of aromatic amines is 1. The molecule has 0 bridgehead atoms. The summed E-state index contributed by atoms with van der Waals surface area (Å²) in [5.41, 5.74) is 22.2. The molecule has 1 fully saturated rings. The van der Waals surface area contributed by atoms with E-state index >= 15 is 0 Å². The lowest BCUT2D eigenvalue weighted by Gasteiger charge is -2.30. The minimum Gasteiger partial charge on any atom is -0.481 e. The maximum Gasteiger partial charge on any atom is 0.326 e. The van der Waals surface area contributed by atoms with Crippen molar-refractivity contribution in [3.8, 4) is 0 Å². The van der Waals surface area contributed by atoms with Gasteiger partial charge in [-0.1, -0.05) is 13.8 Å². The van der Waals surface area contributed by atoms with Gasteiger partial charge in [0.25, 0.3) is 0 Å². The summed E-state index contributed by atoms with van der Waals surface area (Å²) in [5, 5.41) is 43.2. The number of nitrogens with one attached hydrogen (secondary N) is 9. The number of nitrogens with zero attached hydrogens (tertiary/aromatic N) is 2. The van der Waals surface area contributed by atoms with Crippen LogP contribution in [-0.2, 0) is 59.2 Å². The third-order valence-corrected chi connectivity index (χ3v) is 10.1. The Balaban J connectivity index is 2.18. The number of carboxylic acids is 2. The molecule has 28 nitrogen and oxygen atoms in total. The van der Waals surface area contributed by atoms with E-state index in [1.165, 1.54) is 19.4 Å². The molecule has 2 rings (SSSR count). The van der Waals surface area contributed by atoms with E-state index in [9.17, 15) is 63.0 Å². The average molecular weight is 936 g/mol. The van der Waals surface area contributed by atoms with Gasteiger partial charge in [0.1, 0.15) is 42.3 Å². The molecule has 1 aromatic rings. The lowest BCUT2D eigenvalue weighted by atomic mass is 10.0. The van der Waals surface area contributed by atoms with Crippen molar-refractivity contribution in [3.63, 3.8) is 0 Å². The van der Waals surface area contributed by atoms with Gasteiger partial charge >= 0.3 is 11.9 Å². The van der Waals surface area contributed by atoms with Crippen molar-refractivity contribution < 1.29 is 63.0 Å². The highest BCUT2D eigenvalue weighted by Crippen LogP contribution is 2.20. The number of amides is 9. The van der Waals surface area contributed by atoms with Gasteiger partial charge in [-0.15, -0.1) is 0 Å². The molecule has 2 heterocycles. The summed E-state index contributed by atoms with van der Waals surface area (Å²) in [6.45, 7) is 4.31. The zero-order chi connectivity index (χ0) is 49.8. The van der Waals surface area contributed by atoms with E-state index in [-0.39, 0.29) is 57.6 Å². The third kappa shape index (κ3) is 18.4. The monoisotopic (exact) mass is 935 g/mol. The molecule has 8 atom stereocenters. The lowest BCUT2D eigenvalue weighted by molar-refractivity contribution is -0.146. The second-order valence-electron chi connectivity index (χ2n) is 15.9. The number of hydrogen-bond acceptors (Lipinski definition) is 14. The Morgan fingerprint density at radius 3 is 1.98 bits per heavy atom. The molecule has 1 aliphatic rings. The molecule has 0 spiro atoms. The van der Waals surface area contributed by atoms with Crippen LogP contribution < -0.4 is 60.2 Å². The number of primary amides is 2. The normalized spacial score (nSPS) is 16.4. The minimum atomic E-state index is -1.79. The van der Waals surface area contributed by atoms with Crippen molar-refractivity contribution in [2.24, 2.45) is 28.9 Å². The van der Waals surface area contributed by atoms with E-state index in [1.807, 2.05) is 0 Å². The summed E-state index contributed by atoms with van der Waals surface area (Å²) in [4.78, 5) is 149. The van der Waals surface area contributed by atoms with E-state index in [1.54, 1.807) is 13.8 Å². The zero-order valence-electron chi connectivity index (χ0n) is 36.7. The summed E-state index contributed by atoms with van der Waals surface area (Å²) < 4.78 is 0. The van der Waals surface area contributed by atoms with Crippen LogP contribution in [0, 0.1) is 11.3 Å². The molecule has 9 amide bonds. The Morgan fingerprint density at radius 1 is 0.788 bits per heavy atom. The first-order valence-corrected chi connectivity index (χ1v) is 20.9. The molecule has 28 heteroatoms. The van der Waals surface area contributed by atoms with Crippen molar-refractivity contribution in [3.05, 3.63) is 18.2 Å². The number of imidazole rings is 1. The highest BCUT2D eigenvalue weighted by molar-refractivity contribution is 5.99. The molecule has 0 radical (unpaired) electrons. The Labute approximate surface area is 378 Å². The van der Waals surface area contributed by atoms with Gasteiger partial charge in [-0.3, -0.25) is 53.4 Å². The van der Waals surface area contributed by atoms with Crippen molar-refractivity contribution in [1.29, 1.82) is 5.41 Å². The predicted molar refractivity (Wildman–Crippen MR) is 228 cm³/mol. The molecule has 0 saturated carbocycles. The fourth-order valence-corrected chi connectivity index (χ4v) is 6.62. The van der Waals surface area contributed by atoms with Crippen molar-refractivity contribution in [2.45, 2.75) is 127 Å². The number of likely N-dealkylation sites (tertiary alicyclic amines) is 1. The quantitative estimate of drug-likeness (QED) is 0.0211. The van der Waals surface area contributed by atoms with E-state index < -0.39 is 139 Å². The number of carbonyl (C=O) groups is 11. The van der Waals surface area contributed by atoms with E-state index in [4.69, 9.17) is 28.3 Å². The van der Waals surface area contributed by atoms with Crippen molar-refractivity contribution in [1.82, 2.24) is 52.1 Å². The Morgan fingerprint density at radius 2 is 1.42 bits per heavy atom. The first-order chi connectivity index (χ1) is 30.9. The molecule has 19 N–H and O–H groups in total. The number of carbonyl (C=O) groups excluding carboxylic acids is 9. The molecule has 1 saturated heterocycles. The third-order valence-electron chi connectivity index (χ3n) is 10.1. The SMILES string of the molecule is CC(C)[C@H](NC(=O)[C@H](CC(N)=O)NC(=O)[C@@H](N)Cc1c[nH]cn1)C(=O)N[C@@H](C)C(=O)N[C@@H](CC(=O)O)C(=O)N1CCC[C@H]1C(=O)N[C@@H](CCC(N)=O)C(=O)N[C@@H](CCCNC(=N)N)C(=O)O. The summed E-state index contributed by atoms with van der Waals surface area (Å²) in [6, 6.07) is -11.7. The Hall–Kier alpha value is -7.39. The first-order valence-electron chi connectivity index (χ1n) is 20.9. The first kappa shape index (κ1) is 54.7. The number of carboxylic acid groups (broad SMARTS) is 2. The maximum absolute atomic E-state index is 13.9. The van der Waals surface area contributed by atoms with E-state index in [0.29, 0.717) is 5.69 Å². The van der Waals surface area contributed by atoms with Crippen LogP contribution in [0.5, 0.6) is 0 Å². The van der Waals surface area contributed by atoms with Gasteiger partial charge in [-0.25, -0.2) is 9.78 Å². The number of aliphatic carboxylic acids is 2. The van der Waals surface area contributed by atoms with Gasteiger partial charge < -0.3 is 80.2 Å². The highest BCUT2D eigenvalue weighted by atomic mass is 16.4. The highest BCUT2D eigenvalue weighted by Gasteiger charge is 2.41. The molecule has 0 aromatic carbocycles. The largest absolute Gasteiger partial charge is 0.481 e. The number of nitrogens with two attached hydrogens (primary N) is 4. The van der Waals surface area contributed by atoms with E-state index in [2.05, 4.69) is 47.2 Å². The van der Waals surface area contributed by atoms with Crippen LogP contribution in [0.4, 0.5) is 0 Å². The fraction of sp³-hybridized carbons (Fsp3) is 0.605.